The summed E-state index contributed by atoms with van der Waals surface area (Å²) in [6.07, 6.45) is 0.546. The number of fused-ring (bicyclic) bond motifs is 1. The number of alkyl halides is 1. The van der Waals surface area contributed by atoms with Crippen LogP contribution in [0.2, 0.25) is 0 Å². The van der Waals surface area contributed by atoms with E-state index in [1.807, 2.05) is 0 Å². The Morgan fingerprint density at radius 2 is 2.20 bits per heavy atom. The second-order valence-electron chi connectivity index (χ2n) is 4.65. The van der Waals surface area contributed by atoms with E-state index < -0.39 is 16.1 Å². The minimum Gasteiger partial charge on any atom is -0.496 e. The summed E-state index contributed by atoms with van der Waals surface area (Å²) < 4.78 is 31.5. The van der Waals surface area contributed by atoms with Crippen molar-refractivity contribution < 1.29 is 18.3 Å². The van der Waals surface area contributed by atoms with Crippen LogP contribution in [0.4, 0.5) is 0 Å². The van der Waals surface area contributed by atoms with E-state index in [0.29, 0.717) is 30.2 Å². The SMILES string of the molecule is COc1cccc2c1C(O)CN(CCCCCl)S2(=O)=O. The first-order valence-electron chi connectivity index (χ1n) is 6.43. The normalized spacial score (nSPS) is 21.4. The summed E-state index contributed by atoms with van der Waals surface area (Å²) in [5.74, 6) is 0.903. The van der Waals surface area contributed by atoms with Crippen LogP contribution < -0.4 is 4.74 Å². The molecule has 1 aromatic carbocycles. The molecular formula is C13H18ClNO4S. The number of methoxy groups -OCH3 is 1. The number of hydrogen-bond acceptors (Lipinski definition) is 4. The number of aliphatic hydroxyl groups excluding tert-OH is 1. The average molecular weight is 320 g/mol. The molecule has 20 heavy (non-hydrogen) atoms. The van der Waals surface area contributed by atoms with Gasteiger partial charge in [0, 0.05) is 24.5 Å². The molecule has 0 aliphatic carbocycles. The Balaban J connectivity index is 2.38. The largest absolute Gasteiger partial charge is 0.496 e. The van der Waals surface area contributed by atoms with Crippen LogP contribution in [0.15, 0.2) is 23.1 Å². The van der Waals surface area contributed by atoms with Crippen LogP contribution in [-0.4, -0.2) is 43.9 Å². The highest BCUT2D eigenvalue weighted by Gasteiger charge is 2.37. The quantitative estimate of drug-likeness (QED) is 0.663. The lowest BCUT2D eigenvalue weighted by atomic mass is 10.1. The first-order valence-corrected chi connectivity index (χ1v) is 8.41. The minimum absolute atomic E-state index is 0.0536. The van der Waals surface area contributed by atoms with Crippen molar-refractivity contribution in [2.45, 2.75) is 23.8 Å². The minimum atomic E-state index is -3.58. The van der Waals surface area contributed by atoms with Crippen molar-refractivity contribution in [2.75, 3.05) is 26.1 Å². The Morgan fingerprint density at radius 3 is 2.85 bits per heavy atom. The zero-order chi connectivity index (χ0) is 14.8. The Bertz CT molecular complexity index is 576. The van der Waals surface area contributed by atoms with Crippen molar-refractivity contribution in [1.82, 2.24) is 4.31 Å². The van der Waals surface area contributed by atoms with E-state index in [2.05, 4.69) is 0 Å². The van der Waals surface area contributed by atoms with Gasteiger partial charge in [0.2, 0.25) is 10.0 Å². The Kier molecular flexibility index (Phi) is 4.90. The lowest BCUT2D eigenvalue weighted by Crippen LogP contribution is -2.40. The molecular weight excluding hydrogens is 302 g/mol. The number of sulfonamides is 1. The van der Waals surface area contributed by atoms with Crippen molar-refractivity contribution >= 4 is 21.6 Å². The summed E-state index contributed by atoms with van der Waals surface area (Å²) in [4.78, 5) is 0.126. The standard InChI is InChI=1S/C13H18ClNO4S/c1-19-11-5-4-6-12-13(11)10(16)9-15(20(12,17)18)8-3-2-7-14/h4-6,10,16H,2-3,7-9H2,1H3. The number of benzene rings is 1. The molecule has 1 aliphatic heterocycles. The molecule has 7 heteroatoms. The maximum atomic E-state index is 12.5. The van der Waals surface area contributed by atoms with Crippen LogP contribution in [0, 0.1) is 0 Å². The smallest absolute Gasteiger partial charge is 0.243 e. The molecule has 0 bridgehead atoms. The van der Waals surface area contributed by atoms with Crippen LogP contribution in [0.5, 0.6) is 5.75 Å². The van der Waals surface area contributed by atoms with Gasteiger partial charge in [0.25, 0.3) is 0 Å². The van der Waals surface area contributed by atoms with Crippen LogP contribution in [-0.2, 0) is 10.0 Å². The number of aliphatic hydroxyl groups is 1. The summed E-state index contributed by atoms with van der Waals surface area (Å²) in [5, 5.41) is 10.2. The number of β-amino-alcohol motifs (C(OH)–C–C–N with tert-alkyl or cyclic N) is 1. The molecule has 0 spiro atoms. The fraction of sp³-hybridized carbons (Fsp3) is 0.538. The van der Waals surface area contributed by atoms with Gasteiger partial charge in [0.1, 0.15) is 5.75 Å². The summed E-state index contributed by atoms with van der Waals surface area (Å²) in [5.41, 5.74) is 0.351. The highest BCUT2D eigenvalue weighted by Crippen LogP contribution is 2.38. The molecule has 1 aliphatic rings. The van der Waals surface area contributed by atoms with Gasteiger partial charge in [-0.25, -0.2) is 8.42 Å². The summed E-state index contributed by atoms with van der Waals surface area (Å²) >= 11 is 5.61. The average Bonchev–Trinajstić information content (AvgIpc) is 2.44. The summed E-state index contributed by atoms with van der Waals surface area (Å²) in [7, 11) is -2.12. The molecule has 0 aromatic heterocycles. The van der Waals surface area contributed by atoms with Crippen molar-refractivity contribution in [3.63, 3.8) is 0 Å². The van der Waals surface area contributed by atoms with E-state index in [1.165, 1.54) is 17.5 Å². The van der Waals surface area contributed by atoms with E-state index in [9.17, 15) is 13.5 Å². The molecule has 5 nitrogen and oxygen atoms in total. The molecule has 0 radical (unpaired) electrons. The fourth-order valence-electron chi connectivity index (χ4n) is 2.37. The molecule has 1 unspecified atom stereocenters. The molecule has 1 aromatic rings. The van der Waals surface area contributed by atoms with Crippen molar-refractivity contribution in [2.24, 2.45) is 0 Å². The topological polar surface area (TPSA) is 66.8 Å². The van der Waals surface area contributed by atoms with Gasteiger partial charge in [0.15, 0.2) is 0 Å². The Morgan fingerprint density at radius 1 is 1.45 bits per heavy atom. The first kappa shape index (κ1) is 15.6. The second kappa shape index (κ2) is 6.30. The second-order valence-corrected chi connectivity index (χ2v) is 6.93. The first-order chi connectivity index (χ1) is 9.52. The van der Waals surface area contributed by atoms with Crippen LogP contribution >= 0.6 is 11.6 Å². The molecule has 1 atom stereocenters. The van der Waals surface area contributed by atoms with E-state index in [4.69, 9.17) is 16.3 Å². The number of hydrogen-bond donors (Lipinski definition) is 1. The Labute approximate surface area is 124 Å². The maximum absolute atomic E-state index is 12.5. The van der Waals surface area contributed by atoms with Gasteiger partial charge in [0.05, 0.1) is 18.1 Å². The predicted octanol–water partition coefficient (Wildman–Crippen LogP) is 1.75. The summed E-state index contributed by atoms with van der Waals surface area (Å²) in [6.45, 7) is 0.417. The third-order valence-corrected chi connectivity index (χ3v) is 5.56. The predicted molar refractivity (Wildman–Crippen MR) is 76.7 cm³/mol. The zero-order valence-corrected chi connectivity index (χ0v) is 12.8. The van der Waals surface area contributed by atoms with Crippen LogP contribution in [0.1, 0.15) is 24.5 Å². The van der Waals surface area contributed by atoms with Gasteiger partial charge in [-0.05, 0) is 25.0 Å². The van der Waals surface area contributed by atoms with E-state index >= 15 is 0 Å². The van der Waals surface area contributed by atoms with Gasteiger partial charge in [-0.1, -0.05) is 6.07 Å². The van der Waals surface area contributed by atoms with Gasteiger partial charge in [-0.2, -0.15) is 4.31 Å². The van der Waals surface area contributed by atoms with E-state index in [-0.39, 0.29) is 11.4 Å². The van der Waals surface area contributed by atoms with Crippen LogP contribution in [0.25, 0.3) is 0 Å². The molecule has 112 valence electrons. The fourth-order valence-corrected chi connectivity index (χ4v) is 4.31. The number of nitrogens with zero attached hydrogens (tertiary/aromatic N) is 1. The number of halogens is 1. The van der Waals surface area contributed by atoms with Gasteiger partial charge in [-0.15, -0.1) is 11.6 Å². The van der Waals surface area contributed by atoms with Crippen molar-refractivity contribution in [3.05, 3.63) is 23.8 Å². The monoisotopic (exact) mass is 319 g/mol. The van der Waals surface area contributed by atoms with Gasteiger partial charge in [-0.3, -0.25) is 0 Å². The van der Waals surface area contributed by atoms with Gasteiger partial charge < -0.3 is 9.84 Å². The number of unbranched alkanes of at least 4 members (excludes halogenated alkanes) is 1. The molecule has 0 amide bonds. The molecule has 2 rings (SSSR count). The van der Waals surface area contributed by atoms with Crippen molar-refractivity contribution in [3.8, 4) is 5.75 Å². The summed E-state index contributed by atoms with van der Waals surface area (Å²) in [6, 6.07) is 4.77. The third kappa shape index (κ3) is 2.79. The van der Waals surface area contributed by atoms with Crippen LogP contribution in [0.3, 0.4) is 0 Å². The highest BCUT2D eigenvalue weighted by molar-refractivity contribution is 7.89. The van der Waals surface area contributed by atoms with E-state index in [1.54, 1.807) is 12.1 Å². The highest BCUT2D eigenvalue weighted by atomic mass is 35.5. The number of rotatable bonds is 5. The maximum Gasteiger partial charge on any atom is 0.243 e. The lowest BCUT2D eigenvalue weighted by Gasteiger charge is -2.32. The molecule has 0 saturated heterocycles. The van der Waals surface area contributed by atoms with E-state index in [0.717, 1.165) is 6.42 Å². The van der Waals surface area contributed by atoms with Gasteiger partial charge >= 0.3 is 0 Å². The Hall–Kier alpha value is -0.820. The molecule has 1 N–H and O–H groups in total. The molecule has 0 fully saturated rings. The third-order valence-electron chi connectivity index (χ3n) is 3.36. The zero-order valence-electron chi connectivity index (χ0n) is 11.3. The number of ether oxygens (including phenoxy) is 1. The molecule has 0 saturated carbocycles. The molecule has 1 heterocycles. The van der Waals surface area contributed by atoms with Crippen molar-refractivity contribution in [1.29, 1.82) is 0 Å². The lowest BCUT2D eigenvalue weighted by molar-refractivity contribution is 0.134.